The number of rotatable bonds is 8. The number of carbonyl (C=O) groups excluding carboxylic acids is 2. The number of thioether (sulfide) groups is 1. The van der Waals surface area contributed by atoms with Gasteiger partial charge in [-0.1, -0.05) is 53.0 Å². The Bertz CT molecular complexity index is 1170. The highest BCUT2D eigenvalue weighted by Gasteiger charge is 2.39. The quantitative estimate of drug-likeness (QED) is 0.185. The van der Waals surface area contributed by atoms with Crippen LogP contribution < -0.4 is 10.6 Å². The highest BCUT2D eigenvalue weighted by atomic mass is 35.5. The van der Waals surface area contributed by atoms with Crippen LogP contribution in [0, 0.1) is 0 Å². The topological polar surface area (TPSA) is 58.2 Å². The maximum Gasteiger partial charge on any atom is 0.405 e. The number of nitrogens with one attached hydrogen (secondary N) is 2. The van der Waals surface area contributed by atoms with Gasteiger partial charge < -0.3 is 10.6 Å². The summed E-state index contributed by atoms with van der Waals surface area (Å²) in [5, 5.41) is 3.64. The summed E-state index contributed by atoms with van der Waals surface area (Å²) in [7, 11) is 0. The van der Waals surface area contributed by atoms with Gasteiger partial charge in [-0.05, 0) is 48.6 Å². The molecule has 0 bridgehead atoms. The summed E-state index contributed by atoms with van der Waals surface area (Å²) >= 11 is 18.7. The monoisotopic (exact) mass is 606 g/mol. The number of amides is 2. The third kappa shape index (κ3) is 9.01. The minimum Gasteiger partial charge on any atom is -0.345 e. The highest BCUT2D eigenvalue weighted by molar-refractivity contribution is 7.98. The predicted octanol–water partition coefficient (Wildman–Crippen LogP) is 7.52. The molecule has 0 aromatic heterocycles. The molecular weight excluding hydrogens is 589 g/mol. The average molecular weight is 608 g/mol. The summed E-state index contributed by atoms with van der Waals surface area (Å²) in [6, 6.07) is 5.06. The highest BCUT2D eigenvalue weighted by Crippen LogP contribution is 2.41. The first-order valence-electron chi connectivity index (χ1n) is 10.3. The van der Waals surface area contributed by atoms with Crippen molar-refractivity contribution in [3.63, 3.8) is 0 Å². The van der Waals surface area contributed by atoms with Crippen LogP contribution in [-0.2, 0) is 4.79 Å². The van der Waals surface area contributed by atoms with Crippen LogP contribution in [0.1, 0.15) is 34.3 Å². The SMILES string of the molecule is CSc1cc(/C=C/C(c2cc(Cl)c(Cl)c(Cl)c2)C(F)(F)F)ccc1C(=O)NC(C)C(=O)NCC(F)(F)F. The zero-order valence-electron chi connectivity index (χ0n) is 19.0. The molecule has 2 aromatic carbocycles. The van der Waals surface area contributed by atoms with Gasteiger partial charge in [-0.3, -0.25) is 9.59 Å². The van der Waals surface area contributed by atoms with Crippen molar-refractivity contribution in [1.29, 1.82) is 0 Å². The van der Waals surface area contributed by atoms with Gasteiger partial charge in [0.2, 0.25) is 5.91 Å². The van der Waals surface area contributed by atoms with Gasteiger partial charge in [0, 0.05) is 4.90 Å². The van der Waals surface area contributed by atoms with E-state index in [1.165, 1.54) is 31.2 Å². The molecule has 2 unspecified atom stereocenters. The Labute approximate surface area is 227 Å². The lowest BCUT2D eigenvalue weighted by Crippen LogP contribution is -2.47. The van der Waals surface area contributed by atoms with Gasteiger partial charge in [0.25, 0.3) is 5.91 Å². The van der Waals surface area contributed by atoms with E-state index in [9.17, 15) is 35.9 Å². The van der Waals surface area contributed by atoms with Crippen LogP contribution in [0.3, 0.4) is 0 Å². The van der Waals surface area contributed by atoms with Crippen molar-refractivity contribution in [3.05, 3.63) is 68.2 Å². The molecule has 2 atom stereocenters. The van der Waals surface area contributed by atoms with Crippen molar-refractivity contribution in [2.45, 2.75) is 36.1 Å². The third-order valence-electron chi connectivity index (χ3n) is 4.87. The Kier molecular flexibility index (Phi) is 10.6. The molecule has 2 aromatic rings. The second-order valence-corrected chi connectivity index (χ2v) is 9.71. The molecule has 0 saturated heterocycles. The first kappa shape index (κ1) is 31.1. The molecule has 4 nitrogen and oxygen atoms in total. The van der Waals surface area contributed by atoms with E-state index in [1.807, 2.05) is 0 Å². The first-order chi connectivity index (χ1) is 17.0. The molecule has 0 fully saturated rings. The summed E-state index contributed by atoms with van der Waals surface area (Å²) in [5.74, 6) is -3.83. The zero-order chi connectivity index (χ0) is 28.1. The van der Waals surface area contributed by atoms with Crippen molar-refractivity contribution < 1.29 is 35.9 Å². The predicted molar refractivity (Wildman–Crippen MR) is 134 cm³/mol. The van der Waals surface area contributed by atoms with Gasteiger partial charge in [-0.25, -0.2) is 0 Å². The fourth-order valence-corrected chi connectivity index (χ4v) is 4.30. The minimum atomic E-state index is -4.68. The van der Waals surface area contributed by atoms with E-state index in [2.05, 4.69) is 5.32 Å². The number of hydrogen-bond donors (Lipinski definition) is 2. The Morgan fingerprint density at radius 1 is 1.03 bits per heavy atom. The lowest BCUT2D eigenvalue weighted by atomic mass is 9.97. The second-order valence-electron chi connectivity index (χ2n) is 7.66. The van der Waals surface area contributed by atoms with Crippen LogP contribution in [-0.4, -0.2) is 43.0 Å². The minimum absolute atomic E-state index is 0.0670. The summed E-state index contributed by atoms with van der Waals surface area (Å²) in [6.45, 7) is -0.331. The number of alkyl halides is 6. The van der Waals surface area contributed by atoms with Crippen molar-refractivity contribution in [1.82, 2.24) is 10.6 Å². The normalized spacial score (nSPS) is 13.9. The van der Waals surface area contributed by atoms with Crippen LogP contribution in [0.2, 0.25) is 15.1 Å². The van der Waals surface area contributed by atoms with E-state index in [0.717, 1.165) is 30.0 Å². The van der Waals surface area contributed by atoms with Crippen LogP contribution in [0.15, 0.2) is 41.3 Å². The summed E-state index contributed by atoms with van der Waals surface area (Å²) in [5.41, 5.74) is 0.197. The average Bonchev–Trinajstić information content (AvgIpc) is 2.79. The molecule has 0 aliphatic carbocycles. The number of halogens is 9. The van der Waals surface area contributed by atoms with E-state index in [0.29, 0.717) is 10.5 Å². The van der Waals surface area contributed by atoms with Crippen molar-refractivity contribution in [2.24, 2.45) is 0 Å². The van der Waals surface area contributed by atoms with Gasteiger partial charge in [-0.15, -0.1) is 11.8 Å². The van der Waals surface area contributed by atoms with Crippen molar-refractivity contribution in [2.75, 3.05) is 12.8 Å². The first-order valence-corrected chi connectivity index (χ1v) is 12.6. The van der Waals surface area contributed by atoms with E-state index in [-0.39, 0.29) is 26.2 Å². The lowest BCUT2D eigenvalue weighted by molar-refractivity contribution is -0.139. The molecule has 2 amide bonds. The molecular formula is C23H19Cl3F6N2O2S. The maximum absolute atomic E-state index is 13.8. The van der Waals surface area contributed by atoms with E-state index < -0.39 is 42.7 Å². The molecule has 37 heavy (non-hydrogen) atoms. The molecule has 202 valence electrons. The second kappa shape index (κ2) is 12.6. The number of allylic oxidation sites excluding steroid dienone is 1. The fraction of sp³-hybridized carbons (Fsp3) is 0.304. The fourth-order valence-electron chi connectivity index (χ4n) is 3.05. The molecule has 2 N–H and O–H groups in total. The maximum atomic E-state index is 13.8. The van der Waals surface area contributed by atoms with E-state index in [1.54, 1.807) is 11.6 Å². The van der Waals surface area contributed by atoms with Gasteiger partial charge in [-0.2, -0.15) is 26.3 Å². The van der Waals surface area contributed by atoms with Gasteiger partial charge in [0.15, 0.2) is 0 Å². The molecule has 0 spiro atoms. The van der Waals surface area contributed by atoms with Crippen LogP contribution in [0.5, 0.6) is 0 Å². The summed E-state index contributed by atoms with van der Waals surface area (Å²) in [6.07, 6.45) is -5.55. The van der Waals surface area contributed by atoms with E-state index in [4.69, 9.17) is 34.8 Å². The molecule has 0 aliphatic heterocycles. The Balaban J connectivity index is 2.25. The lowest BCUT2D eigenvalue weighted by Gasteiger charge is -2.18. The van der Waals surface area contributed by atoms with Gasteiger partial charge in [0.1, 0.15) is 12.6 Å². The third-order valence-corrected chi connectivity index (χ3v) is 6.85. The summed E-state index contributed by atoms with van der Waals surface area (Å²) in [4.78, 5) is 24.8. The Hall–Kier alpha value is -2.08. The molecule has 0 saturated carbocycles. The van der Waals surface area contributed by atoms with Crippen molar-refractivity contribution in [3.8, 4) is 0 Å². The molecule has 0 radical (unpaired) electrons. The largest absolute Gasteiger partial charge is 0.405 e. The van der Waals surface area contributed by atoms with Crippen molar-refractivity contribution >= 4 is 64.5 Å². The molecule has 0 heterocycles. The standard InChI is InChI=1S/C23H19Cl3F6N2O2S/c1-11(20(35)33-10-22(27,28)29)34-21(36)14-5-3-12(7-18(14)37-2)4-6-15(23(30,31)32)13-8-16(24)19(26)17(25)9-13/h3-9,11,15H,10H2,1-2H3,(H,33,35)(H,34,36)/b6-4+. The van der Waals surface area contributed by atoms with Crippen LogP contribution >= 0.6 is 46.6 Å². The van der Waals surface area contributed by atoms with E-state index >= 15 is 0 Å². The number of benzene rings is 2. The number of hydrogen-bond acceptors (Lipinski definition) is 3. The van der Waals surface area contributed by atoms with Gasteiger partial charge in [0.05, 0.1) is 26.5 Å². The Morgan fingerprint density at radius 3 is 2.14 bits per heavy atom. The molecule has 2 rings (SSSR count). The molecule has 0 aliphatic rings. The van der Waals surface area contributed by atoms with Crippen LogP contribution in [0.4, 0.5) is 26.3 Å². The molecule has 14 heteroatoms. The summed E-state index contributed by atoms with van der Waals surface area (Å²) < 4.78 is 78.2. The Morgan fingerprint density at radius 2 is 1.62 bits per heavy atom. The number of carbonyl (C=O) groups is 2. The zero-order valence-corrected chi connectivity index (χ0v) is 22.1. The van der Waals surface area contributed by atoms with Crippen LogP contribution in [0.25, 0.3) is 6.08 Å². The van der Waals surface area contributed by atoms with Gasteiger partial charge >= 0.3 is 12.4 Å². The smallest absolute Gasteiger partial charge is 0.345 e.